The SMILES string of the molecule is CCC1(CC)C2=Cc3cc(C(C)N=O)ccc3C2SC2=C1c1cc(OC)ccc1C2. The lowest BCUT2D eigenvalue weighted by Crippen LogP contribution is -2.28. The summed E-state index contributed by atoms with van der Waals surface area (Å²) in [7, 11) is 1.74. The first-order valence-electron chi connectivity index (χ1n) is 10.8. The third-order valence-corrected chi connectivity index (χ3v) is 8.72. The van der Waals surface area contributed by atoms with E-state index in [0.29, 0.717) is 5.25 Å². The normalized spacial score (nSPS) is 21.3. The molecule has 0 saturated heterocycles. The summed E-state index contributed by atoms with van der Waals surface area (Å²) < 4.78 is 5.56. The molecule has 5 rings (SSSR count). The molecule has 1 heterocycles. The van der Waals surface area contributed by atoms with Gasteiger partial charge in [-0.1, -0.05) is 43.3 Å². The molecule has 2 aromatic rings. The lowest BCUT2D eigenvalue weighted by Gasteiger charge is -2.43. The maximum Gasteiger partial charge on any atom is 0.119 e. The summed E-state index contributed by atoms with van der Waals surface area (Å²) in [6.45, 7) is 6.52. The van der Waals surface area contributed by atoms with Crippen molar-refractivity contribution >= 4 is 23.4 Å². The molecule has 0 radical (unpaired) electrons. The van der Waals surface area contributed by atoms with E-state index in [-0.39, 0.29) is 11.5 Å². The highest BCUT2D eigenvalue weighted by Gasteiger charge is 2.49. The number of allylic oxidation sites excluding steroid dienone is 2. The summed E-state index contributed by atoms with van der Waals surface area (Å²) >= 11 is 2.02. The van der Waals surface area contributed by atoms with Crippen LogP contribution >= 0.6 is 11.8 Å². The smallest absolute Gasteiger partial charge is 0.119 e. The topological polar surface area (TPSA) is 38.7 Å². The van der Waals surface area contributed by atoms with E-state index >= 15 is 0 Å². The number of thioether (sulfide) groups is 1. The Balaban J connectivity index is 1.67. The number of ether oxygens (including phenoxy) is 1. The van der Waals surface area contributed by atoms with Gasteiger partial charge in [0.25, 0.3) is 0 Å². The van der Waals surface area contributed by atoms with E-state index in [1.54, 1.807) is 7.11 Å². The first-order chi connectivity index (χ1) is 14.6. The third-order valence-electron chi connectivity index (χ3n) is 7.34. The Morgan fingerprint density at radius 2 is 2.00 bits per heavy atom. The van der Waals surface area contributed by atoms with Gasteiger partial charge in [0.1, 0.15) is 11.8 Å². The number of methoxy groups -OCH3 is 1. The average Bonchev–Trinajstić information content (AvgIpc) is 3.34. The van der Waals surface area contributed by atoms with Crippen LogP contribution in [0.3, 0.4) is 0 Å². The van der Waals surface area contributed by atoms with Gasteiger partial charge in [-0.2, -0.15) is 4.91 Å². The highest BCUT2D eigenvalue weighted by Crippen LogP contribution is 2.67. The standard InChI is InChI=1S/C26H27NO2S/c1-5-26(6-2)22-12-18-11-16(15(3)27-28)8-10-20(18)25(22)30-23-13-17-7-9-19(29-4)14-21(17)24(23)26/h7-12,14-15,25H,5-6,13H2,1-4H3. The Bertz CT molecular complexity index is 1110. The quantitative estimate of drug-likeness (QED) is 0.473. The van der Waals surface area contributed by atoms with Crippen LogP contribution in [0.4, 0.5) is 0 Å². The van der Waals surface area contributed by atoms with Crippen molar-refractivity contribution in [2.75, 3.05) is 7.11 Å². The fourth-order valence-corrected chi connectivity index (χ4v) is 7.32. The number of benzene rings is 2. The molecule has 30 heavy (non-hydrogen) atoms. The minimum absolute atomic E-state index is 0.0383. The zero-order chi connectivity index (χ0) is 21.0. The van der Waals surface area contributed by atoms with Crippen LogP contribution in [0.15, 0.2) is 52.1 Å². The molecule has 0 N–H and O–H groups in total. The molecular weight excluding hydrogens is 390 g/mol. The van der Waals surface area contributed by atoms with Crippen LogP contribution in [0.25, 0.3) is 11.6 Å². The molecule has 4 heteroatoms. The van der Waals surface area contributed by atoms with E-state index in [4.69, 9.17) is 4.74 Å². The van der Waals surface area contributed by atoms with Gasteiger partial charge >= 0.3 is 0 Å². The van der Waals surface area contributed by atoms with Crippen molar-refractivity contribution in [3.05, 3.63) is 79.6 Å². The molecular formula is C26H27NO2S. The molecule has 0 saturated carbocycles. The second-order valence-corrected chi connectivity index (χ2v) is 9.75. The van der Waals surface area contributed by atoms with E-state index in [1.165, 1.54) is 38.3 Å². The summed E-state index contributed by atoms with van der Waals surface area (Å²) in [6.07, 6.45) is 5.58. The van der Waals surface area contributed by atoms with Gasteiger partial charge in [0.05, 0.1) is 12.4 Å². The van der Waals surface area contributed by atoms with E-state index in [9.17, 15) is 4.91 Å². The fourth-order valence-electron chi connectivity index (χ4n) is 5.61. The van der Waals surface area contributed by atoms with Crippen LogP contribution in [0.1, 0.15) is 72.7 Å². The minimum atomic E-state index is -0.312. The van der Waals surface area contributed by atoms with Crippen molar-refractivity contribution in [2.45, 2.75) is 51.3 Å². The highest BCUT2D eigenvalue weighted by atomic mass is 32.2. The van der Waals surface area contributed by atoms with E-state index in [1.807, 2.05) is 18.7 Å². The fraction of sp³-hybridized carbons (Fsp3) is 0.385. The second kappa shape index (κ2) is 7.12. The molecule has 3 aliphatic rings. The Labute approximate surface area is 182 Å². The first kappa shape index (κ1) is 19.6. The molecule has 0 bridgehead atoms. The van der Waals surface area contributed by atoms with Gasteiger partial charge in [0.2, 0.25) is 0 Å². The number of nitrogens with zero attached hydrogens (tertiary/aromatic N) is 1. The lowest BCUT2D eigenvalue weighted by molar-refractivity contribution is 0.413. The summed E-state index contributed by atoms with van der Waals surface area (Å²) in [5.41, 5.74) is 9.50. The molecule has 154 valence electrons. The van der Waals surface area contributed by atoms with Gasteiger partial charge in [0, 0.05) is 11.8 Å². The zero-order valence-corrected chi connectivity index (χ0v) is 18.8. The van der Waals surface area contributed by atoms with Gasteiger partial charge in [-0.25, -0.2) is 0 Å². The predicted octanol–water partition coefficient (Wildman–Crippen LogP) is 7.48. The van der Waals surface area contributed by atoms with Crippen molar-refractivity contribution in [1.29, 1.82) is 0 Å². The molecule has 3 nitrogen and oxygen atoms in total. The second-order valence-electron chi connectivity index (χ2n) is 8.55. The lowest BCUT2D eigenvalue weighted by atomic mass is 9.67. The Kier molecular flexibility index (Phi) is 4.66. The van der Waals surface area contributed by atoms with Crippen LogP contribution in [-0.2, 0) is 6.42 Å². The van der Waals surface area contributed by atoms with Crippen molar-refractivity contribution < 1.29 is 4.74 Å². The Morgan fingerprint density at radius 1 is 1.20 bits per heavy atom. The van der Waals surface area contributed by atoms with Gasteiger partial charge in [0.15, 0.2) is 0 Å². The van der Waals surface area contributed by atoms with Crippen molar-refractivity contribution in [3.63, 3.8) is 0 Å². The molecule has 2 aliphatic carbocycles. The third kappa shape index (κ3) is 2.59. The van der Waals surface area contributed by atoms with Crippen LogP contribution in [0.5, 0.6) is 5.75 Å². The molecule has 0 fully saturated rings. The molecule has 0 amide bonds. The molecule has 2 unspecified atom stereocenters. The number of fused-ring (bicyclic) bond motifs is 5. The zero-order valence-electron chi connectivity index (χ0n) is 18.0. The van der Waals surface area contributed by atoms with Gasteiger partial charge in [-0.3, -0.25) is 0 Å². The molecule has 1 aliphatic heterocycles. The van der Waals surface area contributed by atoms with E-state index in [2.05, 4.69) is 61.5 Å². The van der Waals surface area contributed by atoms with Gasteiger partial charge in [-0.05, 0) is 81.8 Å². The van der Waals surface area contributed by atoms with E-state index < -0.39 is 0 Å². The molecule has 2 atom stereocenters. The molecule has 0 aromatic heterocycles. The number of rotatable bonds is 5. The predicted molar refractivity (Wildman–Crippen MR) is 126 cm³/mol. The molecule has 0 spiro atoms. The van der Waals surface area contributed by atoms with Crippen molar-refractivity contribution in [2.24, 2.45) is 10.6 Å². The number of hydrogen-bond donors (Lipinski definition) is 0. The molecule has 2 aromatic carbocycles. The van der Waals surface area contributed by atoms with Gasteiger partial charge < -0.3 is 4.74 Å². The summed E-state index contributed by atoms with van der Waals surface area (Å²) in [4.78, 5) is 12.6. The van der Waals surface area contributed by atoms with Crippen molar-refractivity contribution in [1.82, 2.24) is 0 Å². The minimum Gasteiger partial charge on any atom is -0.497 e. The maximum atomic E-state index is 11.1. The van der Waals surface area contributed by atoms with E-state index in [0.717, 1.165) is 30.6 Å². The van der Waals surface area contributed by atoms with Crippen LogP contribution in [0, 0.1) is 10.3 Å². The van der Waals surface area contributed by atoms with Crippen molar-refractivity contribution in [3.8, 4) is 5.75 Å². The first-order valence-corrected chi connectivity index (χ1v) is 11.7. The maximum absolute atomic E-state index is 11.1. The Hall–Kier alpha value is -2.33. The van der Waals surface area contributed by atoms with Crippen LogP contribution in [-0.4, -0.2) is 7.11 Å². The van der Waals surface area contributed by atoms with Gasteiger partial charge in [-0.15, -0.1) is 11.8 Å². The van der Waals surface area contributed by atoms with Crippen LogP contribution in [0.2, 0.25) is 0 Å². The summed E-state index contributed by atoms with van der Waals surface area (Å²) in [6, 6.07) is 12.7. The average molecular weight is 418 g/mol. The summed E-state index contributed by atoms with van der Waals surface area (Å²) in [5.74, 6) is 0.930. The number of nitroso groups, excluding NO2 is 1. The Morgan fingerprint density at radius 3 is 2.70 bits per heavy atom. The van der Waals surface area contributed by atoms with Crippen LogP contribution < -0.4 is 4.74 Å². The number of hydrogen-bond acceptors (Lipinski definition) is 4. The largest absolute Gasteiger partial charge is 0.497 e. The highest BCUT2D eigenvalue weighted by molar-refractivity contribution is 8.03. The summed E-state index contributed by atoms with van der Waals surface area (Å²) in [5, 5.41) is 3.59. The monoisotopic (exact) mass is 417 g/mol.